The zero-order valence-electron chi connectivity index (χ0n) is 18.5. The molecule has 33 heavy (non-hydrogen) atoms. The van der Waals surface area contributed by atoms with Gasteiger partial charge in [0, 0.05) is 44.8 Å². The fourth-order valence-corrected chi connectivity index (χ4v) is 4.12. The lowest BCUT2D eigenvalue weighted by atomic mass is 10.1. The van der Waals surface area contributed by atoms with Crippen LogP contribution in [0.5, 0.6) is 0 Å². The van der Waals surface area contributed by atoms with Crippen molar-refractivity contribution >= 4 is 11.6 Å². The van der Waals surface area contributed by atoms with Crippen molar-refractivity contribution in [2.75, 3.05) is 26.7 Å². The Morgan fingerprint density at radius 1 is 1.00 bits per heavy atom. The number of hydrogen-bond acceptors (Lipinski definition) is 7. The van der Waals surface area contributed by atoms with E-state index in [9.17, 15) is 4.79 Å². The molecule has 0 bridgehead atoms. The predicted octanol–water partition coefficient (Wildman–Crippen LogP) is 1.94. The molecule has 5 heterocycles. The van der Waals surface area contributed by atoms with Crippen molar-refractivity contribution in [3.05, 3.63) is 89.9 Å². The van der Waals surface area contributed by atoms with Crippen molar-refractivity contribution < 1.29 is 4.79 Å². The molecule has 1 N–H and O–H groups in total. The van der Waals surface area contributed by atoms with Gasteiger partial charge in [0.05, 0.1) is 29.5 Å². The lowest BCUT2D eigenvalue weighted by Crippen LogP contribution is -2.46. The van der Waals surface area contributed by atoms with E-state index in [4.69, 9.17) is 0 Å². The van der Waals surface area contributed by atoms with Gasteiger partial charge in [0.2, 0.25) is 0 Å². The zero-order chi connectivity index (χ0) is 22.6. The smallest absolute Gasteiger partial charge is 0.253 e. The average molecular weight is 443 g/mol. The molecule has 0 unspecified atom stereocenters. The van der Waals surface area contributed by atoms with Gasteiger partial charge in [-0.05, 0) is 43.4 Å². The molecule has 5 rings (SSSR count). The summed E-state index contributed by atoms with van der Waals surface area (Å²) < 4.78 is 1.93. The summed E-state index contributed by atoms with van der Waals surface area (Å²) in [7, 11) is 2.10. The first-order valence-corrected chi connectivity index (χ1v) is 11.0. The number of nitrogens with zero attached hydrogens (tertiary/aromatic N) is 7. The van der Waals surface area contributed by atoms with Crippen molar-refractivity contribution in [1.82, 2.24) is 39.7 Å². The molecule has 1 aliphatic heterocycles. The minimum atomic E-state index is -0.156. The van der Waals surface area contributed by atoms with Crippen LogP contribution in [0.25, 0.3) is 5.65 Å². The molecule has 0 saturated carbocycles. The van der Waals surface area contributed by atoms with Gasteiger partial charge in [-0.2, -0.15) is 0 Å². The number of piperazine rings is 1. The fourth-order valence-electron chi connectivity index (χ4n) is 4.12. The van der Waals surface area contributed by atoms with Crippen LogP contribution in [0.1, 0.15) is 33.6 Å². The minimum Gasteiger partial charge on any atom is -0.346 e. The SMILES string of the molecule is CN1CCN(Cc2ccccn2)C[C@H]1c1nnc2ccc(C(=O)NCc3ccccn3)cn12. The summed E-state index contributed by atoms with van der Waals surface area (Å²) >= 11 is 0. The Labute approximate surface area is 192 Å². The number of amides is 1. The van der Waals surface area contributed by atoms with Crippen LogP contribution in [-0.4, -0.2) is 67.0 Å². The summed E-state index contributed by atoms with van der Waals surface area (Å²) in [6, 6.07) is 15.3. The Balaban J connectivity index is 1.34. The lowest BCUT2D eigenvalue weighted by molar-refractivity contribution is 0.0844. The Kier molecular flexibility index (Phi) is 6.05. The molecule has 0 aliphatic carbocycles. The number of likely N-dealkylation sites (N-methyl/N-ethyl adjacent to an activating group) is 1. The first kappa shape index (κ1) is 21.2. The summed E-state index contributed by atoms with van der Waals surface area (Å²) in [5.41, 5.74) is 3.15. The number of carbonyl (C=O) groups is 1. The summed E-state index contributed by atoms with van der Waals surface area (Å²) in [4.78, 5) is 26.2. The van der Waals surface area contributed by atoms with Crippen LogP contribution in [0.4, 0.5) is 0 Å². The van der Waals surface area contributed by atoms with E-state index in [0.29, 0.717) is 12.1 Å². The second kappa shape index (κ2) is 9.43. The van der Waals surface area contributed by atoms with Crippen LogP contribution in [0.3, 0.4) is 0 Å². The van der Waals surface area contributed by atoms with Crippen molar-refractivity contribution in [2.45, 2.75) is 19.1 Å². The Morgan fingerprint density at radius 2 is 1.79 bits per heavy atom. The highest BCUT2D eigenvalue weighted by Gasteiger charge is 2.29. The number of fused-ring (bicyclic) bond motifs is 1. The molecule has 1 saturated heterocycles. The second-order valence-corrected chi connectivity index (χ2v) is 8.26. The first-order chi connectivity index (χ1) is 16.2. The molecule has 1 aliphatic rings. The molecule has 0 radical (unpaired) electrons. The van der Waals surface area contributed by atoms with Gasteiger partial charge in [0.1, 0.15) is 0 Å². The number of hydrogen-bond donors (Lipinski definition) is 1. The summed E-state index contributed by atoms with van der Waals surface area (Å²) in [5, 5.41) is 11.8. The fraction of sp³-hybridized carbons (Fsp3) is 0.292. The maximum absolute atomic E-state index is 12.8. The van der Waals surface area contributed by atoms with Gasteiger partial charge < -0.3 is 5.32 Å². The third-order valence-corrected chi connectivity index (χ3v) is 5.99. The quantitative estimate of drug-likeness (QED) is 0.488. The van der Waals surface area contributed by atoms with Crippen molar-refractivity contribution in [1.29, 1.82) is 0 Å². The topological polar surface area (TPSA) is 91.5 Å². The summed E-state index contributed by atoms with van der Waals surface area (Å²) in [6.07, 6.45) is 5.37. The van der Waals surface area contributed by atoms with E-state index in [2.05, 4.69) is 48.4 Å². The van der Waals surface area contributed by atoms with E-state index in [1.165, 1.54) is 0 Å². The number of aromatic nitrogens is 5. The van der Waals surface area contributed by atoms with Crippen LogP contribution in [0.15, 0.2) is 67.1 Å². The van der Waals surface area contributed by atoms with E-state index in [-0.39, 0.29) is 11.9 Å². The van der Waals surface area contributed by atoms with Gasteiger partial charge in [-0.3, -0.25) is 29.0 Å². The van der Waals surface area contributed by atoms with E-state index >= 15 is 0 Å². The van der Waals surface area contributed by atoms with Gasteiger partial charge in [0.25, 0.3) is 5.91 Å². The average Bonchev–Trinajstić information content (AvgIpc) is 3.28. The number of carbonyl (C=O) groups excluding carboxylic acids is 1. The Hall–Kier alpha value is -3.69. The molecule has 1 fully saturated rings. The molecule has 1 amide bonds. The third kappa shape index (κ3) is 4.74. The highest BCUT2D eigenvalue weighted by Crippen LogP contribution is 2.24. The van der Waals surface area contributed by atoms with Gasteiger partial charge in [-0.15, -0.1) is 10.2 Å². The summed E-state index contributed by atoms with van der Waals surface area (Å²) in [5.74, 6) is 0.675. The van der Waals surface area contributed by atoms with E-state index in [0.717, 1.165) is 49.0 Å². The first-order valence-electron chi connectivity index (χ1n) is 11.0. The molecule has 4 aromatic heterocycles. The van der Waals surface area contributed by atoms with Gasteiger partial charge >= 0.3 is 0 Å². The number of pyridine rings is 3. The molecule has 0 spiro atoms. The van der Waals surface area contributed by atoms with Crippen molar-refractivity contribution in [3.8, 4) is 0 Å². The van der Waals surface area contributed by atoms with Gasteiger partial charge in [0.15, 0.2) is 11.5 Å². The Bertz CT molecular complexity index is 1230. The van der Waals surface area contributed by atoms with Gasteiger partial charge in [-0.1, -0.05) is 12.1 Å². The standard InChI is InChI=1S/C24H26N8O/c1-30-12-13-31(16-20-7-3-5-11-26-20)17-21(30)23-29-28-22-9-8-18(15-32(22)23)24(33)27-14-19-6-2-4-10-25-19/h2-11,15,21H,12-14,16-17H2,1H3,(H,27,33)/t21-/m0/s1. The lowest BCUT2D eigenvalue weighted by Gasteiger charge is -2.38. The zero-order valence-corrected chi connectivity index (χ0v) is 18.5. The molecule has 9 nitrogen and oxygen atoms in total. The van der Waals surface area contributed by atoms with Crippen LogP contribution in [-0.2, 0) is 13.1 Å². The van der Waals surface area contributed by atoms with E-state index < -0.39 is 0 Å². The number of rotatable bonds is 6. The largest absolute Gasteiger partial charge is 0.346 e. The van der Waals surface area contributed by atoms with Crippen LogP contribution in [0, 0.1) is 0 Å². The highest BCUT2D eigenvalue weighted by molar-refractivity contribution is 5.94. The third-order valence-electron chi connectivity index (χ3n) is 5.99. The predicted molar refractivity (Wildman–Crippen MR) is 123 cm³/mol. The van der Waals surface area contributed by atoms with E-state index in [1.807, 2.05) is 53.2 Å². The normalized spacial score (nSPS) is 17.3. The summed E-state index contributed by atoms with van der Waals surface area (Å²) in [6.45, 7) is 3.85. The molecule has 1 atom stereocenters. The van der Waals surface area contributed by atoms with Gasteiger partial charge in [-0.25, -0.2) is 0 Å². The molecule has 168 valence electrons. The van der Waals surface area contributed by atoms with Crippen molar-refractivity contribution in [2.24, 2.45) is 0 Å². The van der Waals surface area contributed by atoms with Crippen LogP contribution in [0.2, 0.25) is 0 Å². The monoisotopic (exact) mass is 442 g/mol. The molecular formula is C24H26N8O. The van der Waals surface area contributed by atoms with Crippen LogP contribution < -0.4 is 5.32 Å². The van der Waals surface area contributed by atoms with Crippen LogP contribution >= 0.6 is 0 Å². The van der Waals surface area contributed by atoms with E-state index in [1.54, 1.807) is 12.3 Å². The molecule has 4 aromatic rings. The molecule has 0 aromatic carbocycles. The maximum atomic E-state index is 12.8. The minimum absolute atomic E-state index is 0.0595. The maximum Gasteiger partial charge on any atom is 0.253 e. The van der Waals surface area contributed by atoms with Crippen molar-refractivity contribution in [3.63, 3.8) is 0 Å². The Morgan fingerprint density at radius 3 is 2.55 bits per heavy atom. The second-order valence-electron chi connectivity index (χ2n) is 8.26. The molecule has 9 heteroatoms. The highest BCUT2D eigenvalue weighted by atomic mass is 16.1. The number of nitrogens with one attached hydrogen (secondary N) is 1. The molecular weight excluding hydrogens is 416 g/mol.